The van der Waals surface area contributed by atoms with Crippen molar-refractivity contribution in [1.82, 2.24) is 30.0 Å². The second kappa shape index (κ2) is 11.7. The second-order valence-corrected chi connectivity index (χ2v) is 10.9. The minimum Gasteiger partial charge on any atom is -0.444 e. The van der Waals surface area contributed by atoms with Crippen molar-refractivity contribution in [3.8, 4) is 22.5 Å². The van der Waals surface area contributed by atoms with Gasteiger partial charge in [0.1, 0.15) is 11.3 Å². The first-order valence-electron chi connectivity index (χ1n) is 13.7. The molecule has 0 radical (unpaired) electrons. The molecule has 10 heteroatoms. The Morgan fingerprint density at radius 2 is 1.95 bits per heavy atom. The van der Waals surface area contributed by atoms with Gasteiger partial charge in [0.05, 0.1) is 5.69 Å². The van der Waals surface area contributed by atoms with E-state index in [2.05, 4.69) is 44.6 Å². The lowest BCUT2D eigenvalue weighted by Gasteiger charge is -2.35. The highest BCUT2D eigenvalue weighted by Gasteiger charge is 2.24. The lowest BCUT2D eigenvalue weighted by molar-refractivity contribution is 0.0500. The van der Waals surface area contributed by atoms with Gasteiger partial charge in [-0.3, -0.25) is 9.67 Å². The van der Waals surface area contributed by atoms with Gasteiger partial charge < -0.3 is 20.3 Å². The Hall–Kier alpha value is -4.47. The summed E-state index contributed by atoms with van der Waals surface area (Å²) in [5.41, 5.74) is 4.96. The number of rotatable bonds is 7. The number of hydrogen-bond acceptors (Lipinski definition) is 8. The van der Waals surface area contributed by atoms with E-state index < -0.39 is 5.60 Å². The number of anilines is 3. The van der Waals surface area contributed by atoms with Crippen LogP contribution in [0.15, 0.2) is 67.3 Å². The van der Waals surface area contributed by atoms with Gasteiger partial charge in [0.2, 0.25) is 5.95 Å². The maximum Gasteiger partial charge on any atom is 0.407 e. The standard InChI is InChI=1S/C30H36N8O2/c1-5-38-20-25(27(36-38)21-8-6-15-31-18-21)26-14-16-32-28(35-26)33-22-10-12-24(13-11-22)37-17-7-9-23(19-37)34-29(39)40-30(2,3)4/h6,8,10-16,18,20,23H,5,7,9,17,19H2,1-4H3,(H,34,39)(H,32,33,35)/t23-/m0/s1. The van der Waals surface area contributed by atoms with Crippen LogP contribution in [0.1, 0.15) is 40.5 Å². The lowest BCUT2D eigenvalue weighted by atomic mass is 10.0. The number of carbonyl (C=O) groups excluding carboxylic acids is 1. The monoisotopic (exact) mass is 540 g/mol. The molecule has 208 valence electrons. The number of hydrogen-bond donors (Lipinski definition) is 2. The molecule has 1 saturated heterocycles. The molecule has 4 heterocycles. The van der Waals surface area contributed by atoms with Gasteiger partial charge in [-0.05, 0) is 83.0 Å². The predicted octanol–water partition coefficient (Wildman–Crippen LogP) is 5.66. The Morgan fingerprint density at radius 3 is 2.67 bits per heavy atom. The Morgan fingerprint density at radius 1 is 1.12 bits per heavy atom. The van der Waals surface area contributed by atoms with E-state index in [-0.39, 0.29) is 12.1 Å². The number of piperidine rings is 1. The van der Waals surface area contributed by atoms with Gasteiger partial charge in [0.25, 0.3) is 0 Å². The number of alkyl carbamates (subject to hydrolysis) is 1. The molecule has 0 unspecified atom stereocenters. The fourth-order valence-corrected chi connectivity index (χ4v) is 4.74. The molecule has 1 aliphatic rings. The lowest BCUT2D eigenvalue weighted by Crippen LogP contribution is -2.49. The van der Waals surface area contributed by atoms with E-state index in [0.29, 0.717) is 5.95 Å². The number of nitrogens with zero attached hydrogens (tertiary/aromatic N) is 6. The van der Waals surface area contributed by atoms with Crippen LogP contribution in [-0.2, 0) is 11.3 Å². The van der Waals surface area contributed by atoms with E-state index in [1.54, 1.807) is 12.4 Å². The molecular formula is C30H36N8O2. The molecule has 0 bridgehead atoms. The molecule has 1 aliphatic heterocycles. The van der Waals surface area contributed by atoms with E-state index in [1.165, 1.54) is 0 Å². The molecule has 1 atom stereocenters. The number of amides is 1. The molecule has 10 nitrogen and oxygen atoms in total. The van der Waals surface area contributed by atoms with Gasteiger partial charge in [-0.15, -0.1) is 0 Å². The SMILES string of the molecule is CCn1cc(-c2ccnc(Nc3ccc(N4CCC[C@H](NC(=O)OC(C)(C)C)C4)cc3)n2)c(-c2cccnc2)n1. The minimum absolute atomic E-state index is 0.0474. The summed E-state index contributed by atoms with van der Waals surface area (Å²) >= 11 is 0. The van der Waals surface area contributed by atoms with Crippen LogP contribution < -0.4 is 15.5 Å². The van der Waals surface area contributed by atoms with E-state index in [1.807, 2.05) is 68.2 Å². The van der Waals surface area contributed by atoms with Crippen LogP contribution in [-0.4, -0.2) is 55.6 Å². The maximum atomic E-state index is 12.2. The highest BCUT2D eigenvalue weighted by molar-refractivity contribution is 5.78. The number of ether oxygens (including phenoxy) is 1. The molecule has 0 spiro atoms. The summed E-state index contributed by atoms with van der Waals surface area (Å²) in [5.74, 6) is 0.506. The van der Waals surface area contributed by atoms with Gasteiger partial charge >= 0.3 is 6.09 Å². The van der Waals surface area contributed by atoms with Crippen molar-refractivity contribution >= 4 is 23.4 Å². The Kier molecular flexibility index (Phi) is 7.95. The summed E-state index contributed by atoms with van der Waals surface area (Å²) in [4.78, 5) is 28.0. The van der Waals surface area contributed by atoms with Crippen molar-refractivity contribution in [2.24, 2.45) is 0 Å². The van der Waals surface area contributed by atoms with Crippen LogP contribution in [0, 0.1) is 0 Å². The van der Waals surface area contributed by atoms with E-state index >= 15 is 0 Å². The van der Waals surface area contributed by atoms with Gasteiger partial charge in [0.15, 0.2) is 0 Å². The molecule has 40 heavy (non-hydrogen) atoms. The van der Waals surface area contributed by atoms with Gasteiger partial charge in [-0.2, -0.15) is 5.10 Å². The largest absolute Gasteiger partial charge is 0.444 e. The maximum absolute atomic E-state index is 12.2. The topological polar surface area (TPSA) is 110 Å². The number of aromatic nitrogens is 5. The van der Waals surface area contributed by atoms with Crippen molar-refractivity contribution in [2.75, 3.05) is 23.3 Å². The first-order valence-corrected chi connectivity index (χ1v) is 13.7. The predicted molar refractivity (Wildman–Crippen MR) is 156 cm³/mol. The molecule has 3 aromatic heterocycles. The van der Waals surface area contributed by atoms with Crippen LogP contribution in [0.5, 0.6) is 0 Å². The zero-order valence-electron chi connectivity index (χ0n) is 23.5. The molecule has 1 fully saturated rings. The van der Waals surface area contributed by atoms with Crippen molar-refractivity contribution in [3.05, 3.63) is 67.3 Å². The third-order valence-corrected chi connectivity index (χ3v) is 6.58. The van der Waals surface area contributed by atoms with Crippen LogP contribution in [0.4, 0.5) is 22.1 Å². The molecular weight excluding hydrogens is 504 g/mol. The minimum atomic E-state index is -0.510. The zero-order chi connectivity index (χ0) is 28.1. The van der Waals surface area contributed by atoms with E-state index in [0.717, 1.165) is 66.4 Å². The molecule has 1 aromatic carbocycles. The fourth-order valence-electron chi connectivity index (χ4n) is 4.74. The quantitative estimate of drug-likeness (QED) is 0.309. The number of aryl methyl sites for hydroxylation is 1. The summed E-state index contributed by atoms with van der Waals surface area (Å²) in [6.45, 7) is 10.1. The number of benzene rings is 1. The summed E-state index contributed by atoms with van der Waals surface area (Å²) in [7, 11) is 0. The van der Waals surface area contributed by atoms with Crippen LogP contribution in [0.3, 0.4) is 0 Å². The van der Waals surface area contributed by atoms with Crippen LogP contribution in [0.25, 0.3) is 22.5 Å². The third-order valence-electron chi connectivity index (χ3n) is 6.58. The Balaban J connectivity index is 1.27. The Bertz CT molecular complexity index is 1430. The van der Waals surface area contributed by atoms with Crippen molar-refractivity contribution in [2.45, 2.75) is 58.7 Å². The van der Waals surface area contributed by atoms with Crippen molar-refractivity contribution < 1.29 is 9.53 Å². The molecule has 2 N–H and O–H groups in total. The van der Waals surface area contributed by atoms with E-state index in [9.17, 15) is 4.79 Å². The number of carbonyl (C=O) groups is 1. The zero-order valence-corrected chi connectivity index (χ0v) is 23.5. The summed E-state index contributed by atoms with van der Waals surface area (Å²) in [6.07, 6.45) is 8.89. The highest BCUT2D eigenvalue weighted by Crippen LogP contribution is 2.30. The number of nitrogens with one attached hydrogen (secondary N) is 2. The molecule has 4 aromatic rings. The molecule has 1 amide bonds. The van der Waals surface area contributed by atoms with Crippen LogP contribution in [0.2, 0.25) is 0 Å². The normalized spacial score (nSPS) is 15.5. The first kappa shape index (κ1) is 27.1. The first-order chi connectivity index (χ1) is 19.3. The molecule has 0 aliphatic carbocycles. The molecule has 5 rings (SSSR count). The van der Waals surface area contributed by atoms with Crippen molar-refractivity contribution in [3.63, 3.8) is 0 Å². The van der Waals surface area contributed by atoms with Crippen LogP contribution >= 0.6 is 0 Å². The number of pyridine rings is 1. The fraction of sp³-hybridized carbons (Fsp3) is 0.367. The molecule has 0 saturated carbocycles. The third kappa shape index (κ3) is 6.74. The van der Waals surface area contributed by atoms with Gasteiger partial charge in [-0.1, -0.05) is 0 Å². The van der Waals surface area contributed by atoms with Gasteiger partial charge in [-0.25, -0.2) is 14.8 Å². The second-order valence-electron chi connectivity index (χ2n) is 10.9. The smallest absolute Gasteiger partial charge is 0.407 e. The summed E-state index contributed by atoms with van der Waals surface area (Å²) < 4.78 is 7.33. The summed E-state index contributed by atoms with van der Waals surface area (Å²) in [6, 6.07) is 14.0. The van der Waals surface area contributed by atoms with E-state index in [4.69, 9.17) is 14.8 Å². The Labute approximate surface area is 234 Å². The van der Waals surface area contributed by atoms with Crippen molar-refractivity contribution in [1.29, 1.82) is 0 Å². The average Bonchev–Trinajstić information content (AvgIpc) is 3.38. The average molecular weight is 541 g/mol. The van der Waals surface area contributed by atoms with Gasteiger partial charge in [0, 0.05) is 73.0 Å². The highest BCUT2D eigenvalue weighted by atomic mass is 16.6. The summed E-state index contributed by atoms with van der Waals surface area (Å²) in [5, 5.41) is 11.1.